The van der Waals surface area contributed by atoms with Crippen LogP contribution in [-0.4, -0.2) is 163 Å². The van der Waals surface area contributed by atoms with Gasteiger partial charge in [0.2, 0.25) is 0 Å². The van der Waals surface area contributed by atoms with Gasteiger partial charge >= 0.3 is 0 Å². The molecule has 40 heavy (non-hydrogen) atoms. The van der Waals surface area contributed by atoms with Gasteiger partial charge in [-0.15, -0.1) is 0 Å². The van der Waals surface area contributed by atoms with Gasteiger partial charge in [-0.25, -0.2) is 4.98 Å². The average molecular weight is 582 g/mol. The maximum absolute atomic E-state index is 11.4. The van der Waals surface area contributed by atoms with Gasteiger partial charge in [0.1, 0.15) is 54.9 Å². The van der Waals surface area contributed by atoms with Crippen LogP contribution >= 0.6 is 0 Å². The summed E-state index contributed by atoms with van der Waals surface area (Å²) in [5, 5.41) is 84.9. The number of aromatic amines is 1. The topological polar surface area (TPSA) is 301 Å². The molecule has 14 N–H and O–H groups in total. The van der Waals surface area contributed by atoms with Crippen LogP contribution in [0.3, 0.4) is 0 Å². The average Bonchev–Trinajstić information content (AvgIpc) is 3.47. The lowest BCUT2D eigenvalue weighted by Gasteiger charge is -2.49. The van der Waals surface area contributed by atoms with E-state index in [1.807, 2.05) is 0 Å². The molecule has 0 aromatic carbocycles. The van der Waals surface area contributed by atoms with Crippen molar-refractivity contribution in [1.82, 2.24) is 15.3 Å². The molecule has 3 saturated heterocycles. The molecular weight excluding hydrogens is 542 g/mol. The van der Waals surface area contributed by atoms with Gasteiger partial charge < -0.3 is 86.3 Å². The van der Waals surface area contributed by atoms with Gasteiger partial charge in [-0.1, -0.05) is 0 Å². The van der Waals surface area contributed by atoms with Crippen molar-refractivity contribution in [3.8, 4) is 0 Å². The summed E-state index contributed by atoms with van der Waals surface area (Å²) in [5.41, 5.74) is 12.4. The van der Waals surface area contributed by atoms with Gasteiger partial charge in [-0.2, -0.15) is 0 Å². The Labute approximate surface area is 228 Å². The third-order valence-electron chi connectivity index (χ3n) is 7.37. The van der Waals surface area contributed by atoms with Crippen LogP contribution in [0.25, 0.3) is 0 Å². The van der Waals surface area contributed by atoms with Gasteiger partial charge in [-0.3, -0.25) is 0 Å². The molecule has 0 radical (unpaired) electrons. The lowest BCUT2D eigenvalue weighted by Crippen LogP contribution is -2.69. The van der Waals surface area contributed by atoms with Crippen LogP contribution in [0.2, 0.25) is 0 Å². The van der Waals surface area contributed by atoms with E-state index >= 15 is 0 Å². The van der Waals surface area contributed by atoms with E-state index in [2.05, 4.69) is 15.3 Å². The molecule has 0 amide bonds. The lowest BCUT2D eigenvalue weighted by molar-refractivity contribution is -0.350. The number of aliphatic hydroxyl groups excluding tert-OH is 8. The second kappa shape index (κ2) is 13.7. The molecule has 15 atom stereocenters. The van der Waals surface area contributed by atoms with Crippen LogP contribution in [0.1, 0.15) is 5.69 Å². The first-order valence-corrected chi connectivity index (χ1v) is 12.8. The number of hydrogen-bond donors (Lipinski definition) is 12. The standard InChI is InChI=1S/C22H39N5O13/c23-11-16(33)18(9(4-29)36-20(11)35)40-22-13(26-2-7-1-25-6-27-7)17(34)19(10(5-30)38-22)39-21-12(24)15(32)14(31)8(3-28)37-21/h1,6,8-22,26,28-35H,2-5,23-24H2,(H,25,27)/t8-,9-,10-,11-,12-,13-,14-,15-,16-,17-,18?,19?,20-,21+,22+/m1/s1. The van der Waals surface area contributed by atoms with Crippen LogP contribution in [0.4, 0.5) is 0 Å². The Balaban J connectivity index is 1.57. The van der Waals surface area contributed by atoms with Gasteiger partial charge in [0.25, 0.3) is 0 Å². The second-order valence-corrected chi connectivity index (χ2v) is 10.0. The van der Waals surface area contributed by atoms with Crippen molar-refractivity contribution in [2.24, 2.45) is 11.5 Å². The Morgan fingerprint density at radius 3 is 2.00 bits per heavy atom. The van der Waals surface area contributed by atoms with Crippen LogP contribution in [0.15, 0.2) is 12.5 Å². The highest BCUT2D eigenvalue weighted by Crippen LogP contribution is 2.31. The largest absolute Gasteiger partial charge is 0.394 e. The fraction of sp³-hybridized carbons (Fsp3) is 0.864. The zero-order valence-electron chi connectivity index (χ0n) is 21.4. The summed E-state index contributed by atoms with van der Waals surface area (Å²) in [7, 11) is 0. The molecule has 1 aromatic rings. The summed E-state index contributed by atoms with van der Waals surface area (Å²) < 4.78 is 28.5. The van der Waals surface area contributed by atoms with E-state index in [1.165, 1.54) is 12.5 Å². The lowest BCUT2D eigenvalue weighted by atomic mass is 9.94. The molecule has 18 nitrogen and oxygen atoms in total. The number of aromatic nitrogens is 2. The Morgan fingerprint density at radius 2 is 1.38 bits per heavy atom. The zero-order valence-corrected chi connectivity index (χ0v) is 21.4. The summed E-state index contributed by atoms with van der Waals surface area (Å²) in [4.78, 5) is 6.82. The number of rotatable bonds is 10. The number of ether oxygens (including phenoxy) is 5. The first-order valence-electron chi connectivity index (χ1n) is 12.8. The van der Waals surface area contributed by atoms with Gasteiger partial charge in [0.15, 0.2) is 18.9 Å². The number of hydrogen-bond acceptors (Lipinski definition) is 17. The molecule has 0 bridgehead atoms. The van der Waals surface area contributed by atoms with Crippen molar-refractivity contribution in [2.45, 2.75) is 98.5 Å². The molecule has 0 saturated carbocycles. The third-order valence-corrected chi connectivity index (χ3v) is 7.37. The quantitative estimate of drug-likeness (QED) is 0.122. The monoisotopic (exact) mass is 581 g/mol. The van der Waals surface area contributed by atoms with Crippen molar-refractivity contribution in [3.63, 3.8) is 0 Å². The minimum Gasteiger partial charge on any atom is -0.394 e. The van der Waals surface area contributed by atoms with E-state index in [0.717, 1.165) is 0 Å². The van der Waals surface area contributed by atoms with Crippen molar-refractivity contribution in [2.75, 3.05) is 19.8 Å². The first kappa shape index (κ1) is 31.5. The Morgan fingerprint density at radius 1 is 0.775 bits per heavy atom. The van der Waals surface area contributed by atoms with Crippen LogP contribution in [0, 0.1) is 0 Å². The molecule has 18 heteroatoms. The number of nitrogens with zero attached hydrogens (tertiary/aromatic N) is 1. The maximum atomic E-state index is 11.4. The molecule has 4 rings (SSSR count). The van der Waals surface area contributed by atoms with Crippen molar-refractivity contribution in [3.05, 3.63) is 18.2 Å². The van der Waals surface area contributed by atoms with Crippen molar-refractivity contribution >= 4 is 0 Å². The van der Waals surface area contributed by atoms with Gasteiger partial charge in [0, 0.05) is 18.4 Å². The van der Waals surface area contributed by atoms with Crippen LogP contribution < -0.4 is 16.8 Å². The second-order valence-electron chi connectivity index (χ2n) is 10.0. The van der Waals surface area contributed by atoms with E-state index in [-0.39, 0.29) is 6.54 Å². The van der Waals surface area contributed by atoms with Crippen molar-refractivity contribution in [1.29, 1.82) is 0 Å². The van der Waals surface area contributed by atoms with E-state index in [1.54, 1.807) is 0 Å². The summed E-state index contributed by atoms with van der Waals surface area (Å²) >= 11 is 0. The van der Waals surface area contributed by atoms with E-state index in [0.29, 0.717) is 5.69 Å². The fourth-order valence-electron chi connectivity index (χ4n) is 4.98. The highest BCUT2D eigenvalue weighted by atomic mass is 16.7. The smallest absolute Gasteiger partial charge is 0.176 e. The highest BCUT2D eigenvalue weighted by Gasteiger charge is 2.53. The van der Waals surface area contributed by atoms with E-state index < -0.39 is 112 Å². The molecule has 230 valence electrons. The predicted molar refractivity (Wildman–Crippen MR) is 128 cm³/mol. The summed E-state index contributed by atoms with van der Waals surface area (Å²) in [5.74, 6) is 0. The number of nitrogens with two attached hydrogens (primary N) is 2. The Kier molecular flexibility index (Phi) is 10.8. The molecule has 3 aliphatic heterocycles. The SMILES string of the molecule is N[C@H]1[C@H](OC2[C@@H](CO)O[C@@H](OC3[C@@H](CO)O[C@@H](O)[C@H](N)[C@H]3O)[C@H](NCc3cnc[nH]3)[C@H]2O)O[C@H](CO)[C@@H](O)[C@@H]1O. The number of aliphatic hydroxyl groups is 8. The summed E-state index contributed by atoms with van der Waals surface area (Å²) in [6.45, 7) is -1.89. The Bertz CT molecular complexity index is 900. The zero-order chi connectivity index (χ0) is 29.1. The van der Waals surface area contributed by atoms with Crippen molar-refractivity contribution < 1.29 is 64.5 Å². The molecule has 3 fully saturated rings. The third kappa shape index (κ3) is 6.47. The minimum atomic E-state index is -1.57. The number of imidazole rings is 1. The highest BCUT2D eigenvalue weighted by molar-refractivity contribution is 5.01. The summed E-state index contributed by atoms with van der Waals surface area (Å²) in [6.07, 6.45) is -13.8. The molecule has 0 aliphatic carbocycles. The van der Waals surface area contributed by atoms with E-state index in [4.69, 9.17) is 35.2 Å². The van der Waals surface area contributed by atoms with E-state index in [9.17, 15) is 40.9 Å². The summed E-state index contributed by atoms with van der Waals surface area (Å²) in [6, 6.07) is -3.70. The normalized spacial score (nSPS) is 46.4. The number of nitrogens with one attached hydrogen (secondary N) is 2. The van der Waals surface area contributed by atoms with Gasteiger partial charge in [-0.05, 0) is 0 Å². The molecular formula is C22H39N5O13. The predicted octanol–water partition coefficient (Wildman–Crippen LogP) is -7.12. The Hall–Kier alpha value is -1.43. The first-order chi connectivity index (χ1) is 19.1. The molecule has 3 aliphatic rings. The van der Waals surface area contributed by atoms with Crippen LogP contribution in [0.5, 0.6) is 0 Å². The molecule has 0 spiro atoms. The van der Waals surface area contributed by atoms with Gasteiger partial charge in [0.05, 0.1) is 44.3 Å². The number of H-pyrrole nitrogens is 1. The maximum Gasteiger partial charge on any atom is 0.176 e. The molecule has 2 unspecified atom stereocenters. The van der Waals surface area contributed by atoms with Crippen LogP contribution in [-0.2, 0) is 30.2 Å². The molecule has 1 aromatic heterocycles. The minimum absolute atomic E-state index is 0.115. The fourth-order valence-corrected chi connectivity index (χ4v) is 4.98. The molecule has 4 heterocycles.